The van der Waals surface area contributed by atoms with E-state index in [-0.39, 0.29) is 31.2 Å². The molecule has 1 amide bonds. The maximum Gasteiger partial charge on any atom is 0.274 e. The van der Waals surface area contributed by atoms with Crippen LogP contribution in [0.2, 0.25) is 0 Å². The lowest BCUT2D eigenvalue weighted by atomic mass is 10.2. The van der Waals surface area contributed by atoms with Crippen molar-refractivity contribution < 1.29 is 9.72 Å². The van der Waals surface area contributed by atoms with E-state index in [2.05, 4.69) is 15.6 Å². The SMILES string of the molecule is NCc1cn(CC(=O)NCc2ccccc2[N+](=O)[O-])nn1. The smallest absolute Gasteiger partial charge is 0.274 e. The van der Waals surface area contributed by atoms with Crippen molar-refractivity contribution in [2.45, 2.75) is 19.6 Å². The summed E-state index contributed by atoms with van der Waals surface area (Å²) in [5.41, 5.74) is 6.40. The first kappa shape index (κ1) is 14.6. The molecule has 9 nitrogen and oxygen atoms in total. The molecule has 0 saturated heterocycles. The molecule has 0 unspecified atom stereocenters. The fraction of sp³-hybridized carbons (Fsp3) is 0.250. The van der Waals surface area contributed by atoms with Gasteiger partial charge in [-0.1, -0.05) is 23.4 Å². The number of nitrogens with one attached hydrogen (secondary N) is 1. The maximum atomic E-state index is 11.8. The standard InChI is InChI=1S/C12H14N6O3/c13-5-10-7-17(16-15-10)8-12(19)14-6-9-3-1-2-4-11(9)18(20)21/h1-4,7H,5-6,8,13H2,(H,14,19). The lowest BCUT2D eigenvalue weighted by molar-refractivity contribution is -0.385. The number of hydrogen-bond acceptors (Lipinski definition) is 6. The van der Waals surface area contributed by atoms with Crippen molar-refractivity contribution in [3.05, 3.63) is 51.8 Å². The lowest BCUT2D eigenvalue weighted by Crippen LogP contribution is -2.27. The van der Waals surface area contributed by atoms with Crippen LogP contribution in [-0.2, 0) is 24.4 Å². The fourth-order valence-corrected chi connectivity index (χ4v) is 1.74. The van der Waals surface area contributed by atoms with E-state index in [0.29, 0.717) is 11.3 Å². The molecular weight excluding hydrogens is 276 g/mol. The minimum absolute atomic E-state index is 0.0202. The van der Waals surface area contributed by atoms with Crippen LogP contribution < -0.4 is 11.1 Å². The van der Waals surface area contributed by atoms with Gasteiger partial charge in [-0.05, 0) is 0 Å². The molecule has 21 heavy (non-hydrogen) atoms. The summed E-state index contributed by atoms with van der Waals surface area (Å²) in [6.45, 7) is 0.305. The Balaban J connectivity index is 1.94. The first-order chi connectivity index (χ1) is 10.1. The second-order valence-corrected chi connectivity index (χ2v) is 4.27. The number of nitro groups is 1. The zero-order chi connectivity index (χ0) is 15.2. The molecule has 0 atom stereocenters. The van der Waals surface area contributed by atoms with Gasteiger partial charge in [0.1, 0.15) is 6.54 Å². The number of amides is 1. The van der Waals surface area contributed by atoms with E-state index in [4.69, 9.17) is 5.73 Å². The Morgan fingerprint density at radius 3 is 2.86 bits per heavy atom. The molecular formula is C12H14N6O3. The van der Waals surface area contributed by atoms with Crippen LogP contribution in [0.15, 0.2) is 30.5 Å². The molecule has 1 heterocycles. The molecule has 110 valence electrons. The van der Waals surface area contributed by atoms with E-state index in [9.17, 15) is 14.9 Å². The summed E-state index contributed by atoms with van der Waals surface area (Å²) in [6.07, 6.45) is 1.57. The van der Waals surface area contributed by atoms with Crippen LogP contribution >= 0.6 is 0 Å². The highest BCUT2D eigenvalue weighted by atomic mass is 16.6. The van der Waals surface area contributed by atoms with E-state index in [1.165, 1.54) is 10.7 Å². The molecule has 2 rings (SSSR count). The van der Waals surface area contributed by atoms with Gasteiger partial charge >= 0.3 is 0 Å². The van der Waals surface area contributed by atoms with Crippen molar-refractivity contribution in [3.63, 3.8) is 0 Å². The van der Waals surface area contributed by atoms with Gasteiger partial charge in [0, 0.05) is 24.7 Å². The minimum atomic E-state index is -0.480. The molecule has 0 fully saturated rings. The quantitative estimate of drug-likeness (QED) is 0.567. The van der Waals surface area contributed by atoms with Gasteiger partial charge in [-0.25, -0.2) is 4.68 Å². The number of rotatable bonds is 6. The van der Waals surface area contributed by atoms with Crippen molar-refractivity contribution in [3.8, 4) is 0 Å². The van der Waals surface area contributed by atoms with E-state index in [1.54, 1.807) is 24.4 Å². The normalized spacial score (nSPS) is 10.3. The molecule has 2 aromatic rings. The summed E-state index contributed by atoms with van der Waals surface area (Å²) < 4.78 is 1.36. The zero-order valence-electron chi connectivity index (χ0n) is 11.1. The van der Waals surface area contributed by atoms with Crippen molar-refractivity contribution in [1.82, 2.24) is 20.3 Å². The molecule has 0 aliphatic rings. The summed E-state index contributed by atoms with van der Waals surface area (Å²) in [5, 5.41) is 21.0. The van der Waals surface area contributed by atoms with Crippen LogP contribution in [0, 0.1) is 10.1 Å². The Bertz CT molecular complexity index is 654. The Morgan fingerprint density at radius 1 is 1.43 bits per heavy atom. The van der Waals surface area contributed by atoms with Gasteiger partial charge in [0.05, 0.1) is 16.8 Å². The minimum Gasteiger partial charge on any atom is -0.350 e. The number of nitrogens with zero attached hydrogens (tertiary/aromatic N) is 4. The number of carbonyl (C=O) groups excluding carboxylic acids is 1. The molecule has 0 saturated carbocycles. The van der Waals surface area contributed by atoms with E-state index in [1.807, 2.05) is 0 Å². The number of nitro benzene ring substituents is 1. The van der Waals surface area contributed by atoms with Gasteiger partial charge in [0.2, 0.25) is 5.91 Å². The van der Waals surface area contributed by atoms with Crippen molar-refractivity contribution in [1.29, 1.82) is 0 Å². The van der Waals surface area contributed by atoms with Crippen LogP contribution in [0.25, 0.3) is 0 Å². The molecule has 1 aromatic heterocycles. The van der Waals surface area contributed by atoms with Crippen molar-refractivity contribution >= 4 is 11.6 Å². The number of nitrogens with two attached hydrogens (primary N) is 1. The van der Waals surface area contributed by atoms with Gasteiger partial charge in [-0.3, -0.25) is 14.9 Å². The van der Waals surface area contributed by atoms with Crippen molar-refractivity contribution in [2.75, 3.05) is 0 Å². The Labute approximate surface area is 119 Å². The first-order valence-corrected chi connectivity index (χ1v) is 6.18. The Morgan fingerprint density at radius 2 is 2.19 bits per heavy atom. The zero-order valence-corrected chi connectivity index (χ0v) is 11.1. The predicted molar refractivity (Wildman–Crippen MR) is 72.9 cm³/mol. The van der Waals surface area contributed by atoms with Crippen LogP contribution in [0.3, 0.4) is 0 Å². The molecule has 0 aliphatic heterocycles. The summed E-state index contributed by atoms with van der Waals surface area (Å²) in [4.78, 5) is 22.1. The third kappa shape index (κ3) is 3.83. The summed E-state index contributed by atoms with van der Waals surface area (Å²) in [6, 6.07) is 6.25. The highest BCUT2D eigenvalue weighted by molar-refractivity contribution is 5.75. The van der Waals surface area contributed by atoms with Gasteiger partial charge in [0.25, 0.3) is 5.69 Å². The Kier molecular flexibility index (Phi) is 4.57. The van der Waals surface area contributed by atoms with Crippen molar-refractivity contribution in [2.24, 2.45) is 5.73 Å². The maximum absolute atomic E-state index is 11.8. The molecule has 1 aromatic carbocycles. The van der Waals surface area contributed by atoms with Gasteiger partial charge in [-0.2, -0.15) is 0 Å². The van der Waals surface area contributed by atoms with E-state index < -0.39 is 4.92 Å². The largest absolute Gasteiger partial charge is 0.350 e. The van der Waals surface area contributed by atoms with Crippen LogP contribution in [0.4, 0.5) is 5.69 Å². The second kappa shape index (κ2) is 6.57. The average Bonchev–Trinajstić information content (AvgIpc) is 2.93. The number of aromatic nitrogens is 3. The van der Waals surface area contributed by atoms with Gasteiger partial charge < -0.3 is 11.1 Å². The number of hydrogen-bond donors (Lipinski definition) is 2. The third-order valence-electron chi connectivity index (χ3n) is 2.77. The first-order valence-electron chi connectivity index (χ1n) is 6.18. The third-order valence-corrected chi connectivity index (χ3v) is 2.77. The average molecular weight is 290 g/mol. The van der Waals surface area contributed by atoms with Gasteiger partial charge in [-0.15, -0.1) is 5.10 Å². The summed E-state index contributed by atoms with van der Waals surface area (Å²) in [5.74, 6) is -0.318. The number of benzene rings is 1. The second-order valence-electron chi connectivity index (χ2n) is 4.27. The predicted octanol–water partition coefficient (Wildman–Crippen LogP) is -0.0386. The highest BCUT2D eigenvalue weighted by Gasteiger charge is 2.13. The molecule has 0 radical (unpaired) electrons. The monoisotopic (exact) mass is 290 g/mol. The molecule has 0 bridgehead atoms. The molecule has 0 spiro atoms. The lowest BCUT2D eigenvalue weighted by Gasteiger charge is -2.05. The topological polar surface area (TPSA) is 129 Å². The van der Waals surface area contributed by atoms with E-state index >= 15 is 0 Å². The molecule has 3 N–H and O–H groups in total. The van der Waals surface area contributed by atoms with Crippen LogP contribution in [0.1, 0.15) is 11.3 Å². The Hall–Kier alpha value is -2.81. The van der Waals surface area contributed by atoms with Gasteiger partial charge in [0.15, 0.2) is 0 Å². The fourth-order valence-electron chi connectivity index (χ4n) is 1.74. The van der Waals surface area contributed by atoms with E-state index in [0.717, 1.165) is 0 Å². The summed E-state index contributed by atoms with van der Waals surface area (Å²) in [7, 11) is 0. The summed E-state index contributed by atoms with van der Waals surface area (Å²) >= 11 is 0. The number of carbonyl (C=O) groups is 1. The van der Waals surface area contributed by atoms with Crippen LogP contribution in [-0.4, -0.2) is 25.8 Å². The van der Waals surface area contributed by atoms with Crippen LogP contribution in [0.5, 0.6) is 0 Å². The number of para-hydroxylation sites is 1. The molecule has 0 aliphatic carbocycles. The highest BCUT2D eigenvalue weighted by Crippen LogP contribution is 2.16. The molecule has 9 heteroatoms.